The van der Waals surface area contributed by atoms with Gasteiger partial charge in [-0.15, -0.1) is 0 Å². The average molecular weight is 561 g/mol. The van der Waals surface area contributed by atoms with Crippen LogP contribution in [0.4, 0.5) is 0 Å². The molecule has 0 radical (unpaired) electrons. The van der Waals surface area contributed by atoms with Crippen LogP contribution in [0, 0.1) is 0 Å². The lowest BCUT2D eigenvalue weighted by Crippen LogP contribution is -2.48. The molecule has 38 heavy (non-hydrogen) atoms. The van der Waals surface area contributed by atoms with Crippen molar-refractivity contribution in [3.63, 3.8) is 0 Å². The molecule has 1 rings (SSSR count). The van der Waals surface area contributed by atoms with Crippen molar-refractivity contribution in [2.75, 3.05) is 99.1 Å². The number of carbonyl (C=O) groups excluding carboxylic acids is 2. The fraction of sp³-hybridized carbons (Fsp3) is 0.909. The van der Waals surface area contributed by atoms with Gasteiger partial charge < -0.3 is 68.2 Å². The van der Waals surface area contributed by atoms with Crippen LogP contribution in [0.1, 0.15) is 6.42 Å². The molecule has 224 valence electrons. The first kappa shape index (κ1) is 34.5. The van der Waals surface area contributed by atoms with Crippen molar-refractivity contribution in [2.24, 2.45) is 0 Å². The molecule has 1 aliphatic heterocycles. The highest BCUT2D eigenvalue weighted by molar-refractivity contribution is 5.81. The zero-order chi connectivity index (χ0) is 28.1. The SMILES string of the molecule is O=C(CC(OC1(O)COCCOCCOCCOCCOCCO1)C(=O)OCC(O)CO)OCC(O)CO. The van der Waals surface area contributed by atoms with Crippen molar-refractivity contribution in [1.29, 1.82) is 0 Å². The summed E-state index contributed by atoms with van der Waals surface area (Å²) in [7, 11) is 0. The van der Waals surface area contributed by atoms with Crippen LogP contribution < -0.4 is 0 Å². The summed E-state index contributed by atoms with van der Waals surface area (Å²) in [5, 5.41) is 47.5. The van der Waals surface area contributed by atoms with Crippen molar-refractivity contribution in [3.8, 4) is 0 Å². The molecule has 1 fully saturated rings. The predicted molar refractivity (Wildman–Crippen MR) is 123 cm³/mol. The van der Waals surface area contributed by atoms with E-state index in [1.807, 2.05) is 0 Å². The van der Waals surface area contributed by atoms with Gasteiger partial charge in [0.2, 0.25) is 0 Å². The van der Waals surface area contributed by atoms with Crippen LogP contribution in [0.2, 0.25) is 0 Å². The second kappa shape index (κ2) is 21.3. The van der Waals surface area contributed by atoms with Gasteiger partial charge in [0.1, 0.15) is 32.0 Å². The fourth-order valence-corrected chi connectivity index (χ4v) is 2.62. The third-order valence-corrected chi connectivity index (χ3v) is 4.55. The molecule has 0 aromatic rings. The highest BCUT2D eigenvalue weighted by atomic mass is 16.8. The van der Waals surface area contributed by atoms with Gasteiger partial charge in [0.15, 0.2) is 6.10 Å². The maximum atomic E-state index is 12.6. The molecule has 0 aromatic heterocycles. The lowest BCUT2D eigenvalue weighted by Gasteiger charge is -2.31. The molecule has 0 amide bonds. The van der Waals surface area contributed by atoms with Crippen molar-refractivity contribution < 1.29 is 77.8 Å². The summed E-state index contributed by atoms with van der Waals surface area (Å²) in [5.41, 5.74) is 0. The van der Waals surface area contributed by atoms with Gasteiger partial charge in [0.25, 0.3) is 0 Å². The number of rotatable bonds is 11. The Kier molecular flexibility index (Phi) is 19.3. The summed E-state index contributed by atoms with van der Waals surface area (Å²) in [6, 6.07) is 0. The van der Waals surface area contributed by atoms with Gasteiger partial charge in [0.05, 0.1) is 85.7 Å². The van der Waals surface area contributed by atoms with Crippen LogP contribution >= 0.6 is 0 Å². The Bertz CT molecular complexity index is 602. The molecule has 0 saturated carbocycles. The normalized spacial score (nSPS) is 23.8. The average Bonchev–Trinajstić information content (AvgIpc) is 2.91. The maximum Gasteiger partial charge on any atom is 0.336 e. The fourth-order valence-electron chi connectivity index (χ4n) is 2.62. The van der Waals surface area contributed by atoms with Crippen molar-refractivity contribution in [1.82, 2.24) is 0 Å². The zero-order valence-corrected chi connectivity index (χ0v) is 21.3. The molecule has 1 saturated heterocycles. The van der Waals surface area contributed by atoms with E-state index in [1.165, 1.54) is 0 Å². The Balaban J connectivity index is 2.85. The molecule has 0 aromatic carbocycles. The van der Waals surface area contributed by atoms with E-state index in [4.69, 9.17) is 52.8 Å². The van der Waals surface area contributed by atoms with Crippen LogP contribution in [-0.2, 0) is 52.2 Å². The van der Waals surface area contributed by atoms with Gasteiger partial charge in [-0.3, -0.25) is 4.79 Å². The quantitative estimate of drug-likeness (QED) is 0.121. The van der Waals surface area contributed by atoms with Crippen molar-refractivity contribution in [3.05, 3.63) is 0 Å². The Labute approximate surface area is 220 Å². The summed E-state index contributed by atoms with van der Waals surface area (Å²) in [5.74, 6) is -4.78. The lowest BCUT2D eigenvalue weighted by atomic mass is 10.2. The molecule has 4 atom stereocenters. The van der Waals surface area contributed by atoms with Crippen LogP contribution in [0.15, 0.2) is 0 Å². The van der Waals surface area contributed by atoms with E-state index in [0.717, 1.165) is 0 Å². The highest BCUT2D eigenvalue weighted by Crippen LogP contribution is 2.18. The van der Waals surface area contributed by atoms with Crippen LogP contribution in [0.25, 0.3) is 0 Å². The van der Waals surface area contributed by atoms with E-state index < -0.39 is 75.7 Å². The van der Waals surface area contributed by atoms with E-state index in [0.29, 0.717) is 33.0 Å². The Morgan fingerprint density at radius 3 is 1.66 bits per heavy atom. The molecular weight excluding hydrogens is 520 g/mol. The van der Waals surface area contributed by atoms with Gasteiger partial charge in [-0.2, -0.15) is 0 Å². The van der Waals surface area contributed by atoms with Gasteiger partial charge in [0, 0.05) is 0 Å². The van der Waals surface area contributed by atoms with Gasteiger partial charge in [-0.05, 0) is 0 Å². The zero-order valence-electron chi connectivity index (χ0n) is 21.3. The lowest BCUT2D eigenvalue weighted by molar-refractivity contribution is -0.388. The molecule has 16 nitrogen and oxygen atoms in total. The van der Waals surface area contributed by atoms with E-state index in [-0.39, 0.29) is 33.0 Å². The third-order valence-electron chi connectivity index (χ3n) is 4.55. The van der Waals surface area contributed by atoms with E-state index in [1.54, 1.807) is 0 Å². The molecule has 0 aliphatic carbocycles. The van der Waals surface area contributed by atoms with Crippen LogP contribution in [0.3, 0.4) is 0 Å². The standard InChI is InChI=1S/C22H40O16/c23-12-17(25)14-35-20(27)11-19(21(28)36-15-18(26)13-24)38-22(29)16-34-8-7-32-4-3-30-1-2-31-5-6-33-9-10-37-22/h17-19,23-26,29H,1-16H2. The first-order chi connectivity index (χ1) is 18.3. The largest absolute Gasteiger partial charge is 0.463 e. The van der Waals surface area contributed by atoms with Gasteiger partial charge in [-0.1, -0.05) is 0 Å². The molecule has 0 bridgehead atoms. The van der Waals surface area contributed by atoms with Crippen molar-refractivity contribution >= 4 is 11.9 Å². The topological polar surface area (TPSA) is 218 Å². The molecule has 0 spiro atoms. The highest BCUT2D eigenvalue weighted by Gasteiger charge is 2.38. The van der Waals surface area contributed by atoms with Crippen molar-refractivity contribution in [2.45, 2.75) is 30.7 Å². The number of aliphatic hydroxyl groups is 5. The first-order valence-electron chi connectivity index (χ1n) is 12.1. The molecular formula is C22H40O16. The second-order valence-electron chi connectivity index (χ2n) is 7.86. The number of hydrogen-bond donors (Lipinski definition) is 5. The summed E-state index contributed by atoms with van der Waals surface area (Å²) in [6.07, 6.45) is -5.34. The molecule has 1 aliphatic rings. The molecule has 4 unspecified atom stereocenters. The Hall–Kier alpha value is -1.54. The maximum absolute atomic E-state index is 12.6. The minimum atomic E-state index is -2.56. The third kappa shape index (κ3) is 17.1. The molecule has 16 heteroatoms. The summed E-state index contributed by atoms with van der Waals surface area (Å²) in [4.78, 5) is 24.8. The number of hydrogen-bond acceptors (Lipinski definition) is 16. The number of esters is 2. The van der Waals surface area contributed by atoms with Gasteiger partial charge >= 0.3 is 17.9 Å². The number of ether oxygens (including phenoxy) is 9. The summed E-state index contributed by atoms with van der Waals surface area (Å²) < 4.78 is 47.1. The Morgan fingerprint density at radius 1 is 0.711 bits per heavy atom. The Morgan fingerprint density at radius 2 is 1.16 bits per heavy atom. The molecule has 5 N–H and O–H groups in total. The predicted octanol–water partition coefficient (Wildman–Crippen LogP) is -3.69. The minimum Gasteiger partial charge on any atom is -0.463 e. The van der Waals surface area contributed by atoms with Gasteiger partial charge in [-0.25, -0.2) is 4.79 Å². The monoisotopic (exact) mass is 560 g/mol. The van der Waals surface area contributed by atoms with E-state index >= 15 is 0 Å². The van der Waals surface area contributed by atoms with Crippen LogP contribution in [0.5, 0.6) is 0 Å². The minimum absolute atomic E-state index is 0.00748. The summed E-state index contributed by atoms with van der Waals surface area (Å²) >= 11 is 0. The smallest absolute Gasteiger partial charge is 0.336 e. The first-order valence-corrected chi connectivity index (χ1v) is 12.1. The van der Waals surface area contributed by atoms with E-state index in [2.05, 4.69) is 0 Å². The second-order valence-corrected chi connectivity index (χ2v) is 7.86. The summed E-state index contributed by atoms with van der Waals surface area (Å²) in [6.45, 7) is -1.25. The number of carbonyl (C=O) groups is 2. The molecule has 1 heterocycles. The number of aliphatic hydroxyl groups excluding tert-OH is 4. The van der Waals surface area contributed by atoms with Crippen LogP contribution in [-0.4, -0.2) is 161 Å². The van der Waals surface area contributed by atoms with E-state index in [9.17, 15) is 24.9 Å².